The van der Waals surface area contributed by atoms with E-state index in [0.717, 1.165) is 6.07 Å². The van der Waals surface area contributed by atoms with Crippen molar-refractivity contribution in [1.82, 2.24) is 0 Å². The Kier molecular flexibility index (Phi) is 3.45. The van der Waals surface area contributed by atoms with Crippen molar-refractivity contribution in [3.63, 3.8) is 0 Å². The second kappa shape index (κ2) is 4.60. The monoisotopic (exact) mass is 198 g/mol. The van der Waals surface area contributed by atoms with E-state index < -0.39 is 12.0 Å². The van der Waals surface area contributed by atoms with Crippen LogP contribution in [0.15, 0.2) is 24.3 Å². The van der Waals surface area contributed by atoms with Crippen LogP contribution in [0.1, 0.15) is 13.8 Å². The topological polar surface area (TPSA) is 35.5 Å². The minimum atomic E-state index is -0.828. The fourth-order valence-electron chi connectivity index (χ4n) is 0.843. The minimum Gasteiger partial charge on any atom is -0.431 e. The Hall–Kier alpha value is -1.58. The fraction of sp³-hybridized carbons (Fsp3) is 0.300. The van der Waals surface area contributed by atoms with Crippen molar-refractivity contribution in [2.24, 2.45) is 0 Å². The van der Waals surface area contributed by atoms with E-state index in [0.29, 0.717) is 0 Å². The van der Waals surface area contributed by atoms with Gasteiger partial charge in [-0.15, -0.1) is 0 Å². The number of halogens is 1. The van der Waals surface area contributed by atoms with Crippen LogP contribution in [0.3, 0.4) is 0 Å². The normalized spacial score (nSPS) is 10.0. The van der Waals surface area contributed by atoms with Crippen LogP contribution in [-0.2, 0) is 4.74 Å². The Morgan fingerprint density at radius 1 is 1.43 bits per heavy atom. The highest BCUT2D eigenvalue weighted by Crippen LogP contribution is 2.12. The molecule has 3 nitrogen and oxygen atoms in total. The van der Waals surface area contributed by atoms with E-state index >= 15 is 0 Å². The average Bonchev–Trinajstić information content (AvgIpc) is 2.01. The molecule has 0 saturated carbocycles. The van der Waals surface area contributed by atoms with Crippen LogP contribution in [0.4, 0.5) is 9.18 Å². The number of benzene rings is 1. The summed E-state index contributed by atoms with van der Waals surface area (Å²) in [4.78, 5) is 11.0. The molecule has 0 spiro atoms. The predicted molar refractivity (Wildman–Crippen MR) is 48.6 cm³/mol. The molecule has 1 rings (SSSR count). The van der Waals surface area contributed by atoms with Gasteiger partial charge in [0.1, 0.15) is 11.6 Å². The summed E-state index contributed by atoms with van der Waals surface area (Å²) in [5.74, 6) is -0.324. The van der Waals surface area contributed by atoms with Crippen LogP contribution in [0.2, 0.25) is 0 Å². The molecular formula is C10H11FO3. The Bertz CT molecular complexity index is 323. The molecular weight excluding hydrogens is 187 g/mol. The third kappa shape index (κ3) is 3.43. The zero-order chi connectivity index (χ0) is 10.6. The lowest BCUT2D eigenvalue weighted by atomic mass is 10.3. The molecule has 0 atom stereocenters. The zero-order valence-electron chi connectivity index (χ0n) is 7.99. The summed E-state index contributed by atoms with van der Waals surface area (Å²) in [7, 11) is 0. The van der Waals surface area contributed by atoms with Gasteiger partial charge in [-0.3, -0.25) is 0 Å². The Labute approximate surface area is 81.4 Å². The van der Waals surface area contributed by atoms with E-state index in [4.69, 9.17) is 9.47 Å². The number of rotatable bonds is 2. The maximum absolute atomic E-state index is 12.6. The number of carbonyl (C=O) groups excluding carboxylic acids is 1. The van der Waals surface area contributed by atoms with Gasteiger partial charge >= 0.3 is 6.16 Å². The van der Waals surface area contributed by atoms with Gasteiger partial charge in [-0.2, -0.15) is 0 Å². The first-order valence-electron chi connectivity index (χ1n) is 4.22. The fourth-order valence-corrected chi connectivity index (χ4v) is 0.843. The summed E-state index contributed by atoms with van der Waals surface area (Å²) in [6.45, 7) is 3.40. The lowest BCUT2D eigenvalue weighted by Crippen LogP contribution is -2.15. The van der Waals surface area contributed by atoms with Gasteiger partial charge in [0.05, 0.1) is 6.10 Å². The molecule has 0 amide bonds. The largest absolute Gasteiger partial charge is 0.514 e. The van der Waals surface area contributed by atoms with Crippen LogP contribution in [-0.4, -0.2) is 12.3 Å². The van der Waals surface area contributed by atoms with Crippen molar-refractivity contribution in [1.29, 1.82) is 0 Å². The molecule has 0 aliphatic heterocycles. The van der Waals surface area contributed by atoms with Crippen molar-refractivity contribution in [2.75, 3.05) is 0 Å². The first-order chi connectivity index (χ1) is 6.58. The van der Waals surface area contributed by atoms with Crippen LogP contribution in [0, 0.1) is 5.82 Å². The molecule has 14 heavy (non-hydrogen) atoms. The summed E-state index contributed by atoms with van der Waals surface area (Å²) < 4.78 is 22.1. The van der Waals surface area contributed by atoms with E-state index in [2.05, 4.69) is 0 Å². The highest BCUT2D eigenvalue weighted by molar-refractivity contribution is 5.63. The minimum absolute atomic E-state index is 0.135. The molecule has 0 aliphatic carbocycles. The van der Waals surface area contributed by atoms with Crippen LogP contribution < -0.4 is 4.74 Å². The van der Waals surface area contributed by atoms with E-state index in [1.165, 1.54) is 18.2 Å². The molecule has 1 aromatic carbocycles. The molecule has 0 heterocycles. The maximum Gasteiger partial charge on any atom is 0.514 e. The Balaban J connectivity index is 2.56. The van der Waals surface area contributed by atoms with Gasteiger partial charge in [0.15, 0.2) is 0 Å². The van der Waals surface area contributed by atoms with Gasteiger partial charge in [-0.25, -0.2) is 9.18 Å². The molecule has 76 valence electrons. The Morgan fingerprint density at radius 3 is 2.71 bits per heavy atom. The summed E-state index contributed by atoms with van der Waals surface area (Å²) in [6.07, 6.45) is -1.08. The van der Waals surface area contributed by atoms with Gasteiger partial charge in [0.25, 0.3) is 0 Å². The highest BCUT2D eigenvalue weighted by Gasteiger charge is 2.08. The molecule has 4 heteroatoms. The molecule has 0 saturated heterocycles. The lowest BCUT2D eigenvalue weighted by molar-refractivity contribution is 0.0728. The predicted octanol–water partition coefficient (Wildman–Crippen LogP) is 2.75. The van der Waals surface area contributed by atoms with Crippen molar-refractivity contribution in [3.8, 4) is 5.75 Å². The van der Waals surface area contributed by atoms with E-state index in [1.54, 1.807) is 13.8 Å². The van der Waals surface area contributed by atoms with Crippen LogP contribution >= 0.6 is 0 Å². The van der Waals surface area contributed by atoms with E-state index in [9.17, 15) is 9.18 Å². The molecule has 0 fully saturated rings. The SMILES string of the molecule is CC(C)OC(=O)Oc1cccc(F)c1. The van der Waals surface area contributed by atoms with Gasteiger partial charge in [0, 0.05) is 6.07 Å². The summed E-state index contributed by atoms with van der Waals surface area (Å²) in [5, 5.41) is 0. The third-order valence-electron chi connectivity index (χ3n) is 1.33. The number of ether oxygens (including phenoxy) is 2. The maximum atomic E-state index is 12.6. The van der Waals surface area contributed by atoms with Crippen molar-refractivity contribution >= 4 is 6.16 Å². The molecule has 0 aromatic heterocycles. The van der Waals surface area contributed by atoms with Gasteiger partial charge in [0.2, 0.25) is 0 Å². The quantitative estimate of drug-likeness (QED) is 0.541. The lowest BCUT2D eigenvalue weighted by Gasteiger charge is -2.07. The first-order valence-corrected chi connectivity index (χ1v) is 4.22. The number of hydrogen-bond donors (Lipinski definition) is 0. The van der Waals surface area contributed by atoms with E-state index in [-0.39, 0.29) is 11.9 Å². The molecule has 0 N–H and O–H groups in total. The Morgan fingerprint density at radius 2 is 2.14 bits per heavy atom. The average molecular weight is 198 g/mol. The first kappa shape index (κ1) is 10.5. The summed E-state index contributed by atoms with van der Waals surface area (Å²) in [5.41, 5.74) is 0. The number of hydrogen-bond acceptors (Lipinski definition) is 3. The van der Waals surface area contributed by atoms with Crippen LogP contribution in [0.5, 0.6) is 5.75 Å². The summed E-state index contributed by atoms with van der Waals surface area (Å²) >= 11 is 0. The standard InChI is InChI=1S/C10H11FO3/c1-7(2)13-10(12)14-9-5-3-4-8(11)6-9/h3-7H,1-2H3. The third-order valence-corrected chi connectivity index (χ3v) is 1.33. The van der Waals surface area contributed by atoms with Crippen molar-refractivity contribution in [2.45, 2.75) is 20.0 Å². The van der Waals surface area contributed by atoms with Crippen molar-refractivity contribution in [3.05, 3.63) is 30.1 Å². The van der Waals surface area contributed by atoms with Gasteiger partial charge in [-0.05, 0) is 26.0 Å². The highest BCUT2D eigenvalue weighted by atomic mass is 19.1. The zero-order valence-corrected chi connectivity index (χ0v) is 7.99. The van der Waals surface area contributed by atoms with Crippen molar-refractivity contribution < 1.29 is 18.7 Å². The van der Waals surface area contributed by atoms with Crippen LogP contribution in [0.25, 0.3) is 0 Å². The molecule has 0 radical (unpaired) electrons. The molecule has 0 aliphatic rings. The second-order valence-corrected chi connectivity index (χ2v) is 2.98. The van der Waals surface area contributed by atoms with Gasteiger partial charge < -0.3 is 9.47 Å². The summed E-state index contributed by atoms with van der Waals surface area (Å²) in [6, 6.07) is 5.31. The van der Waals surface area contributed by atoms with Gasteiger partial charge in [-0.1, -0.05) is 6.07 Å². The molecule has 0 bridgehead atoms. The smallest absolute Gasteiger partial charge is 0.431 e. The number of carbonyl (C=O) groups is 1. The second-order valence-electron chi connectivity index (χ2n) is 2.98. The molecule has 0 unspecified atom stereocenters. The molecule has 1 aromatic rings. The van der Waals surface area contributed by atoms with E-state index in [1.807, 2.05) is 0 Å².